The molecule has 0 spiro atoms. The lowest BCUT2D eigenvalue weighted by molar-refractivity contribution is 0.562. The molecule has 0 saturated heterocycles. The van der Waals surface area contributed by atoms with Gasteiger partial charge in [-0.15, -0.1) is 0 Å². The van der Waals surface area contributed by atoms with Crippen molar-refractivity contribution in [3.63, 3.8) is 0 Å². The summed E-state index contributed by atoms with van der Waals surface area (Å²) in [5.41, 5.74) is 1.85. The summed E-state index contributed by atoms with van der Waals surface area (Å²) in [7, 11) is 0. The van der Waals surface area contributed by atoms with Crippen molar-refractivity contribution >= 4 is 12.2 Å². The Morgan fingerprint density at radius 3 is 1.47 bits per heavy atom. The van der Waals surface area contributed by atoms with Gasteiger partial charge in [0.1, 0.15) is 0 Å². The highest BCUT2D eigenvalue weighted by Gasteiger charge is 1.92. The Morgan fingerprint density at radius 1 is 0.867 bits per heavy atom. The maximum Gasteiger partial charge on any atom is 0.235 e. The first-order valence-electron chi connectivity index (χ1n) is 4.02. The average molecular weight is 206 g/mol. The second-order valence-corrected chi connectivity index (χ2v) is 2.63. The summed E-state index contributed by atoms with van der Waals surface area (Å²) in [6.45, 7) is 0.668. The molecule has 0 saturated carbocycles. The van der Waals surface area contributed by atoms with Gasteiger partial charge in [0.25, 0.3) is 0 Å². The van der Waals surface area contributed by atoms with Crippen LogP contribution in [0.2, 0.25) is 0 Å². The third-order valence-electron chi connectivity index (χ3n) is 1.68. The number of nitrogens with zero attached hydrogens (tertiary/aromatic N) is 2. The fraction of sp³-hybridized carbons (Fsp3) is 0.200. The van der Waals surface area contributed by atoms with E-state index in [9.17, 15) is 9.59 Å². The lowest BCUT2D eigenvalue weighted by Crippen LogP contribution is -1.84. The van der Waals surface area contributed by atoms with E-state index in [1.807, 2.05) is 24.3 Å². The first-order chi connectivity index (χ1) is 6.86. The van der Waals surface area contributed by atoms with E-state index in [0.717, 1.165) is 11.1 Å². The predicted octanol–water partition coefficient (Wildman–Crippen LogP) is 0.534. The van der Waals surface area contributed by atoms with E-state index in [-0.39, 0.29) is 5.48 Å². The van der Waals surface area contributed by atoms with Gasteiger partial charge in [-0.05, 0) is 11.1 Å². The quantitative estimate of drug-likeness (QED) is 0.531. The minimum atomic E-state index is 0. The Labute approximate surface area is 86.5 Å². The Balaban J connectivity index is 0.00000196. The molecule has 0 aliphatic heterocycles. The summed E-state index contributed by atoms with van der Waals surface area (Å²) in [5.74, 6) is 0. The van der Waals surface area contributed by atoms with E-state index < -0.39 is 0 Å². The maximum absolute atomic E-state index is 9.84. The third kappa shape index (κ3) is 4.64. The molecule has 1 aromatic carbocycles. The first kappa shape index (κ1) is 12.9. The molecule has 0 unspecified atom stereocenters. The smallest absolute Gasteiger partial charge is 0.235 e. The molecule has 0 aromatic heterocycles. The van der Waals surface area contributed by atoms with Crippen molar-refractivity contribution in [1.29, 1.82) is 0 Å². The molecule has 5 nitrogen and oxygen atoms in total. The van der Waals surface area contributed by atoms with Gasteiger partial charge in [-0.1, -0.05) is 24.3 Å². The van der Waals surface area contributed by atoms with Gasteiger partial charge in [0.15, 0.2) is 0 Å². The van der Waals surface area contributed by atoms with E-state index in [1.54, 1.807) is 0 Å². The van der Waals surface area contributed by atoms with E-state index in [4.69, 9.17) is 0 Å². The average Bonchev–Trinajstić information content (AvgIpc) is 2.25. The minimum absolute atomic E-state index is 0. The van der Waals surface area contributed by atoms with Crippen molar-refractivity contribution in [2.24, 2.45) is 9.98 Å². The van der Waals surface area contributed by atoms with Crippen molar-refractivity contribution in [1.82, 2.24) is 0 Å². The standard InChI is InChI=1S/C10H8N2O2.H2O/c13-7-11-5-9-1-2-10(4-3-9)6-12-8-14;/h1-4H,5-6H2;1H2. The summed E-state index contributed by atoms with van der Waals surface area (Å²) >= 11 is 0. The summed E-state index contributed by atoms with van der Waals surface area (Å²) in [6, 6.07) is 7.32. The van der Waals surface area contributed by atoms with Gasteiger partial charge >= 0.3 is 0 Å². The van der Waals surface area contributed by atoms with Crippen LogP contribution in [0.1, 0.15) is 11.1 Å². The second kappa shape index (κ2) is 7.35. The van der Waals surface area contributed by atoms with Crippen molar-refractivity contribution in [2.75, 3.05) is 0 Å². The van der Waals surface area contributed by atoms with Crippen LogP contribution < -0.4 is 0 Å². The molecule has 0 heterocycles. The monoisotopic (exact) mass is 206 g/mol. The molecule has 2 N–H and O–H groups in total. The van der Waals surface area contributed by atoms with E-state index in [1.165, 1.54) is 12.2 Å². The van der Waals surface area contributed by atoms with Crippen LogP contribution in [0.15, 0.2) is 34.3 Å². The van der Waals surface area contributed by atoms with Crippen LogP contribution in [0, 0.1) is 0 Å². The molecule has 0 atom stereocenters. The van der Waals surface area contributed by atoms with Crippen molar-refractivity contribution < 1.29 is 15.1 Å². The zero-order chi connectivity index (χ0) is 10.2. The number of aliphatic imine (C=N–C) groups is 2. The van der Waals surface area contributed by atoms with E-state index in [0.29, 0.717) is 13.1 Å². The van der Waals surface area contributed by atoms with Gasteiger partial charge in [-0.25, -0.2) is 19.6 Å². The molecule has 0 aliphatic carbocycles. The molecule has 0 radical (unpaired) electrons. The normalized spacial score (nSPS) is 8.00. The van der Waals surface area contributed by atoms with E-state index in [2.05, 4.69) is 9.98 Å². The molecule has 0 aliphatic rings. The van der Waals surface area contributed by atoms with Gasteiger partial charge in [0.05, 0.1) is 13.1 Å². The molecular formula is C10H10N2O3. The van der Waals surface area contributed by atoms with Crippen LogP contribution in [0.3, 0.4) is 0 Å². The molecule has 15 heavy (non-hydrogen) atoms. The number of hydrogen-bond acceptors (Lipinski definition) is 4. The van der Waals surface area contributed by atoms with Crippen LogP contribution in [0.5, 0.6) is 0 Å². The predicted molar refractivity (Wildman–Crippen MR) is 53.7 cm³/mol. The molecule has 1 aromatic rings. The van der Waals surface area contributed by atoms with Crippen LogP contribution >= 0.6 is 0 Å². The first-order valence-corrected chi connectivity index (χ1v) is 4.02. The lowest BCUT2D eigenvalue weighted by atomic mass is 10.1. The van der Waals surface area contributed by atoms with Gasteiger partial charge in [-0.3, -0.25) is 0 Å². The number of hydrogen-bond donors (Lipinski definition) is 0. The lowest BCUT2D eigenvalue weighted by Gasteiger charge is -1.97. The Hall–Kier alpha value is -2.06. The number of carbonyl (C=O) groups excluding carboxylic acids is 2. The minimum Gasteiger partial charge on any atom is -0.412 e. The molecule has 0 fully saturated rings. The highest BCUT2D eigenvalue weighted by atomic mass is 16.1. The van der Waals surface area contributed by atoms with Crippen molar-refractivity contribution in [2.45, 2.75) is 13.1 Å². The Bertz CT molecular complexity index is 349. The van der Waals surface area contributed by atoms with Crippen molar-refractivity contribution in [3.05, 3.63) is 35.4 Å². The molecule has 1 rings (SSSR count). The van der Waals surface area contributed by atoms with Crippen molar-refractivity contribution in [3.8, 4) is 0 Å². The highest BCUT2D eigenvalue weighted by molar-refractivity contribution is 5.35. The van der Waals surface area contributed by atoms with Crippen LogP contribution in [0.4, 0.5) is 0 Å². The number of benzene rings is 1. The fourth-order valence-electron chi connectivity index (χ4n) is 0.997. The molecule has 78 valence electrons. The summed E-state index contributed by atoms with van der Waals surface area (Å²) in [4.78, 5) is 26.6. The van der Waals surface area contributed by atoms with Crippen LogP contribution in [0.25, 0.3) is 0 Å². The maximum atomic E-state index is 9.84. The van der Waals surface area contributed by atoms with E-state index >= 15 is 0 Å². The van der Waals surface area contributed by atoms with Crippen LogP contribution in [-0.2, 0) is 22.7 Å². The summed E-state index contributed by atoms with van der Waals surface area (Å²) in [5, 5.41) is 0. The zero-order valence-electron chi connectivity index (χ0n) is 7.93. The SMILES string of the molecule is O.O=C=NCc1ccc(CN=C=O)cc1. The zero-order valence-corrected chi connectivity index (χ0v) is 7.93. The topological polar surface area (TPSA) is 90.4 Å². The molecular weight excluding hydrogens is 196 g/mol. The third-order valence-corrected chi connectivity index (χ3v) is 1.68. The largest absolute Gasteiger partial charge is 0.412 e. The molecule has 0 amide bonds. The fourth-order valence-corrected chi connectivity index (χ4v) is 0.997. The van der Waals surface area contributed by atoms with Gasteiger partial charge in [-0.2, -0.15) is 0 Å². The molecule has 0 bridgehead atoms. The van der Waals surface area contributed by atoms with Gasteiger partial charge in [0.2, 0.25) is 12.2 Å². The van der Waals surface area contributed by atoms with Gasteiger partial charge in [0, 0.05) is 0 Å². The highest BCUT2D eigenvalue weighted by Crippen LogP contribution is 2.06. The second-order valence-electron chi connectivity index (χ2n) is 2.63. The van der Waals surface area contributed by atoms with Gasteiger partial charge < -0.3 is 5.48 Å². The molecule has 5 heteroatoms. The number of isocyanates is 2. The summed E-state index contributed by atoms with van der Waals surface area (Å²) in [6.07, 6.45) is 2.94. The summed E-state index contributed by atoms with van der Waals surface area (Å²) < 4.78 is 0. The van der Waals surface area contributed by atoms with Crippen LogP contribution in [-0.4, -0.2) is 17.6 Å². The Kier molecular flexibility index (Phi) is 6.34. The Morgan fingerprint density at radius 2 is 1.20 bits per heavy atom. The number of rotatable bonds is 4.